The molecule has 3 saturated heterocycles. The van der Waals surface area contributed by atoms with E-state index in [0.29, 0.717) is 36.5 Å². The van der Waals surface area contributed by atoms with Crippen molar-refractivity contribution < 1.29 is 29.0 Å². The number of carbonyl (C=O) groups is 3. The number of aliphatic hydroxyl groups excluding tert-OH is 1. The Balaban J connectivity index is 1.72. The van der Waals surface area contributed by atoms with Gasteiger partial charge in [-0.15, -0.1) is 6.58 Å². The van der Waals surface area contributed by atoms with Gasteiger partial charge in [0.05, 0.1) is 17.9 Å². The van der Waals surface area contributed by atoms with Gasteiger partial charge in [-0.25, -0.2) is 0 Å². The number of nitrogens with zero attached hydrogens (tertiary/aromatic N) is 2. The molecule has 0 saturated carbocycles. The van der Waals surface area contributed by atoms with Crippen LogP contribution in [0.2, 0.25) is 5.02 Å². The van der Waals surface area contributed by atoms with Gasteiger partial charge in [-0.2, -0.15) is 0 Å². The van der Waals surface area contributed by atoms with Crippen LogP contribution in [0, 0.1) is 11.8 Å². The summed E-state index contributed by atoms with van der Waals surface area (Å²) in [5, 5.41) is 9.66. The van der Waals surface area contributed by atoms with Crippen molar-refractivity contribution in [3.63, 3.8) is 0 Å². The summed E-state index contributed by atoms with van der Waals surface area (Å²) >= 11 is 9.75. The standard InChI is InChI=1S/C28H34BrClN2O6/c1-3-13-31(19-11-9-18(30)10-12-19)26(35)24-28-17-20(29)23(38-28)21(27(36)37-16-4-2)22(28)25(34)32(24)14-7-5-6-8-15-33/h3-4,9-12,20-24,33H,1-2,5-8,13-17H2/t20?,21-,22-,23-,24?,28?/m0/s1. The smallest absolute Gasteiger partial charge is 0.312 e. The summed E-state index contributed by atoms with van der Waals surface area (Å²) in [4.78, 5) is 44.5. The summed E-state index contributed by atoms with van der Waals surface area (Å²) in [5.74, 6) is -2.71. The van der Waals surface area contributed by atoms with E-state index in [4.69, 9.17) is 26.2 Å². The van der Waals surface area contributed by atoms with E-state index in [1.54, 1.807) is 40.1 Å². The van der Waals surface area contributed by atoms with E-state index in [2.05, 4.69) is 29.1 Å². The van der Waals surface area contributed by atoms with Crippen LogP contribution in [0.5, 0.6) is 0 Å². The fraction of sp³-hybridized carbons (Fsp3) is 0.536. The molecule has 0 aromatic heterocycles. The Morgan fingerprint density at radius 2 is 1.92 bits per heavy atom. The van der Waals surface area contributed by atoms with Crippen molar-refractivity contribution in [2.24, 2.45) is 11.8 Å². The average molecular weight is 610 g/mol. The SMILES string of the molecule is C=CCOC(=O)[C@H]1[C@H]2C(=O)N(CCCCCCO)C(C(=O)N(CC=C)c3ccc(Cl)cc3)C23CC(Br)[C@@H]1O3. The second-order valence-electron chi connectivity index (χ2n) is 9.97. The highest BCUT2D eigenvalue weighted by Gasteiger charge is 2.77. The molecule has 2 bridgehead atoms. The molecule has 8 nitrogen and oxygen atoms in total. The molecule has 3 aliphatic heterocycles. The Kier molecular flexibility index (Phi) is 9.34. The summed E-state index contributed by atoms with van der Waals surface area (Å²) in [7, 11) is 0. The number of anilines is 1. The lowest BCUT2D eigenvalue weighted by molar-refractivity contribution is -0.153. The van der Waals surface area contributed by atoms with E-state index in [-0.39, 0.29) is 36.4 Å². The number of likely N-dealkylation sites (tertiary alicyclic amines) is 1. The predicted octanol–water partition coefficient (Wildman–Crippen LogP) is 3.89. The number of ether oxygens (including phenoxy) is 2. The lowest BCUT2D eigenvalue weighted by Gasteiger charge is -2.37. The minimum atomic E-state index is -1.16. The van der Waals surface area contributed by atoms with E-state index in [9.17, 15) is 14.4 Å². The van der Waals surface area contributed by atoms with Gasteiger partial charge in [0, 0.05) is 35.2 Å². The van der Waals surface area contributed by atoms with Crippen molar-refractivity contribution >= 4 is 51.0 Å². The highest BCUT2D eigenvalue weighted by atomic mass is 79.9. The van der Waals surface area contributed by atoms with Crippen LogP contribution in [0.4, 0.5) is 5.69 Å². The molecule has 1 aromatic carbocycles. The average Bonchev–Trinajstić information content (AvgIpc) is 3.49. The third kappa shape index (κ3) is 5.18. The fourth-order valence-corrected chi connectivity index (χ4v) is 7.19. The summed E-state index contributed by atoms with van der Waals surface area (Å²) in [6, 6.07) is 6.00. The Bertz CT molecular complexity index is 1070. The first-order valence-corrected chi connectivity index (χ1v) is 14.3. The number of esters is 1. The molecule has 3 fully saturated rings. The normalized spacial score (nSPS) is 29.3. The van der Waals surface area contributed by atoms with E-state index in [0.717, 1.165) is 12.8 Å². The Morgan fingerprint density at radius 3 is 2.58 bits per heavy atom. The third-order valence-electron chi connectivity index (χ3n) is 7.66. The van der Waals surface area contributed by atoms with Gasteiger partial charge >= 0.3 is 5.97 Å². The van der Waals surface area contributed by atoms with Crippen LogP contribution in [0.3, 0.4) is 0 Å². The highest BCUT2D eigenvalue weighted by molar-refractivity contribution is 9.09. The Labute approximate surface area is 236 Å². The van der Waals surface area contributed by atoms with Gasteiger partial charge in [0.1, 0.15) is 18.2 Å². The maximum atomic E-state index is 14.4. The van der Waals surface area contributed by atoms with Crippen LogP contribution in [-0.4, -0.2) is 76.7 Å². The molecule has 10 heteroatoms. The number of halogens is 2. The lowest BCUT2D eigenvalue weighted by Crippen LogP contribution is -2.57. The minimum Gasteiger partial charge on any atom is -0.461 e. The van der Waals surface area contributed by atoms with Crippen molar-refractivity contribution in [2.75, 3.05) is 31.2 Å². The Hall–Kier alpha value is -2.20. The molecule has 1 spiro atoms. The van der Waals surface area contributed by atoms with Crippen molar-refractivity contribution in [3.05, 3.63) is 54.6 Å². The van der Waals surface area contributed by atoms with Gasteiger partial charge < -0.3 is 24.4 Å². The number of amides is 2. The van der Waals surface area contributed by atoms with E-state index in [1.165, 1.54) is 6.08 Å². The molecule has 2 amide bonds. The van der Waals surface area contributed by atoms with E-state index >= 15 is 0 Å². The number of alkyl halides is 1. The largest absolute Gasteiger partial charge is 0.461 e. The number of carbonyl (C=O) groups excluding carboxylic acids is 3. The zero-order valence-electron chi connectivity index (χ0n) is 21.3. The summed E-state index contributed by atoms with van der Waals surface area (Å²) in [6.45, 7) is 8.14. The first kappa shape index (κ1) is 28.8. The van der Waals surface area contributed by atoms with E-state index < -0.39 is 35.6 Å². The van der Waals surface area contributed by atoms with Gasteiger partial charge in [0.25, 0.3) is 5.91 Å². The van der Waals surface area contributed by atoms with Gasteiger partial charge in [-0.1, -0.05) is 59.1 Å². The molecule has 3 aliphatic rings. The van der Waals surface area contributed by atoms with Crippen molar-refractivity contribution in [3.8, 4) is 0 Å². The van der Waals surface area contributed by atoms with Crippen molar-refractivity contribution in [2.45, 2.75) is 54.7 Å². The number of unbranched alkanes of at least 4 members (excludes halogenated alkanes) is 3. The first-order valence-electron chi connectivity index (χ1n) is 13.0. The molecule has 3 unspecified atom stereocenters. The second kappa shape index (κ2) is 12.3. The maximum Gasteiger partial charge on any atom is 0.312 e. The highest BCUT2D eigenvalue weighted by Crippen LogP contribution is 2.60. The molecule has 6 atom stereocenters. The maximum absolute atomic E-state index is 14.4. The fourth-order valence-electron chi connectivity index (χ4n) is 6.12. The minimum absolute atomic E-state index is 0.0313. The number of benzene rings is 1. The van der Waals surface area contributed by atoms with E-state index in [1.807, 2.05) is 0 Å². The zero-order valence-corrected chi connectivity index (χ0v) is 23.6. The number of hydrogen-bond donors (Lipinski definition) is 1. The van der Waals surface area contributed by atoms with Crippen LogP contribution < -0.4 is 4.90 Å². The van der Waals surface area contributed by atoms with Gasteiger partial charge in [-0.05, 0) is 43.5 Å². The van der Waals surface area contributed by atoms with Crippen LogP contribution in [0.15, 0.2) is 49.6 Å². The van der Waals surface area contributed by atoms with Gasteiger partial charge in [0.15, 0.2) is 0 Å². The molecule has 3 heterocycles. The molecule has 0 radical (unpaired) electrons. The summed E-state index contributed by atoms with van der Waals surface area (Å²) in [6.07, 6.45) is 5.91. The number of aliphatic hydroxyl groups is 1. The molecule has 4 rings (SSSR count). The third-order valence-corrected chi connectivity index (χ3v) is 8.76. The molecule has 38 heavy (non-hydrogen) atoms. The number of rotatable bonds is 13. The quantitative estimate of drug-likeness (QED) is 0.158. The number of fused-ring (bicyclic) bond motifs is 1. The Morgan fingerprint density at radius 1 is 1.21 bits per heavy atom. The molecule has 0 aliphatic carbocycles. The molecule has 1 N–H and O–H groups in total. The summed E-state index contributed by atoms with van der Waals surface area (Å²) < 4.78 is 11.9. The molecule has 206 valence electrons. The second-order valence-corrected chi connectivity index (χ2v) is 11.6. The van der Waals surface area contributed by atoms with Crippen LogP contribution in [0.1, 0.15) is 32.1 Å². The topological polar surface area (TPSA) is 96.4 Å². The van der Waals surface area contributed by atoms with Crippen molar-refractivity contribution in [1.29, 1.82) is 0 Å². The van der Waals surface area contributed by atoms with Gasteiger partial charge in [0.2, 0.25) is 5.91 Å². The number of hydrogen-bond acceptors (Lipinski definition) is 6. The van der Waals surface area contributed by atoms with Crippen molar-refractivity contribution in [1.82, 2.24) is 4.90 Å². The molecule has 1 aromatic rings. The monoisotopic (exact) mass is 608 g/mol. The molecular formula is C28H34BrClN2O6. The van der Waals surface area contributed by atoms with Crippen LogP contribution in [0.25, 0.3) is 0 Å². The lowest BCUT2D eigenvalue weighted by atomic mass is 9.70. The summed E-state index contributed by atoms with van der Waals surface area (Å²) in [5.41, 5.74) is -0.540. The first-order chi connectivity index (χ1) is 18.3. The van der Waals surface area contributed by atoms with Crippen LogP contribution >= 0.6 is 27.5 Å². The predicted molar refractivity (Wildman–Crippen MR) is 148 cm³/mol. The van der Waals surface area contributed by atoms with Gasteiger partial charge in [-0.3, -0.25) is 14.4 Å². The molecular weight excluding hydrogens is 576 g/mol. The van der Waals surface area contributed by atoms with Crippen LogP contribution in [-0.2, 0) is 23.9 Å². The zero-order chi connectivity index (χ0) is 27.4.